The molecule has 0 spiro atoms. The number of nitrogens with zero attached hydrogens (tertiary/aromatic N) is 1. The van der Waals surface area contributed by atoms with E-state index < -0.39 is 16.6 Å². The second-order valence-corrected chi connectivity index (χ2v) is 12.0. The molecule has 1 aliphatic heterocycles. The molecule has 180 valence electrons. The van der Waals surface area contributed by atoms with Crippen LogP contribution in [-0.4, -0.2) is 11.7 Å². The summed E-state index contributed by atoms with van der Waals surface area (Å²) in [4.78, 5) is 28.6. The molecule has 3 aromatic rings. The molecule has 0 fully saturated rings. The molecule has 1 N–H and O–H groups in total. The number of aromatic hydroxyl groups is 1. The highest BCUT2D eigenvalue weighted by Crippen LogP contribution is 2.50. The van der Waals surface area contributed by atoms with Gasteiger partial charge in [-0.25, -0.2) is 0 Å². The fourth-order valence-corrected chi connectivity index (χ4v) is 5.85. The Morgan fingerprint density at radius 1 is 1.03 bits per heavy atom. The number of benzene rings is 1. The van der Waals surface area contributed by atoms with Gasteiger partial charge in [-0.1, -0.05) is 66.9 Å². The lowest BCUT2D eigenvalue weighted by Gasteiger charge is -2.27. The molecule has 0 atom stereocenters. The molecule has 2 heterocycles. The van der Waals surface area contributed by atoms with Crippen molar-refractivity contribution in [3.05, 3.63) is 72.5 Å². The van der Waals surface area contributed by atoms with Crippen molar-refractivity contribution in [2.24, 2.45) is 0 Å². The third kappa shape index (κ3) is 4.15. The smallest absolute Gasteiger partial charge is 0.268 e. The molecule has 0 aliphatic carbocycles. The first-order chi connectivity index (χ1) is 16.0. The van der Waals surface area contributed by atoms with E-state index in [1.54, 1.807) is 6.08 Å². The van der Waals surface area contributed by atoms with E-state index in [4.69, 9.17) is 0 Å². The van der Waals surface area contributed by atoms with Crippen molar-refractivity contribution in [3.63, 3.8) is 0 Å². The van der Waals surface area contributed by atoms with Gasteiger partial charge in [-0.15, -0.1) is 11.3 Å². The van der Waals surface area contributed by atoms with Crippen LogP contribution in [-0.2, 0) is 10.8 Å². The lowest BCUT2D eigenvalue weighted by Crippen LogP contribution is -2.34. The average Bonchev–Trinajstić information content (AvgIpc) is 3.37. The van der Waals surface area contributed by atoms with Gasteiger partial charge in [-0.3, -0.25) is 9.59 Å². The van der Waals surface area contributed by atoms with Gasteiger partial charge in [0, 0.05) is 33.1 Å². The first kappa shape index (κ1) is 24.5. The number of anilines is 1. The Labute approximate surface area is 206 Å². The van der Waals surface area contributed by atoms with Crippen LogP contribution >= 0.6 is 11.3 Å². The number of allylic oxidation sites excluding steroid dienone is 1. The predicted molar refractivity (Wildman–Crippen MR) is 144 cm³/mol. The van der Waals surface area contributed by atoms with Gasteiger partial charge in [-0.2, -0.15) is 0 Å². The Balaban J connectivity index is 1.77. The Bertz CT molecular complexity index is 1310. The van der Waals surface area contributed by atoms with E-state index in [1.807, 2.05) is 11.3 Å². The van der Waals surface area contributed by atoms with Gasteiger partial charge < -0.3 is 10.0 Å². The van der Waals surface area contributed by atoms with Crippen LogP contribution in [0.5, 0.6) is 5.75 Å². The summed E-state index contributed by atoms with van der Waals surface area (Å²) in [6.45, 7) is 14.1. The highest BCUT2D eigenvalue weighted by atomic mass is 32.1. The summed E-state index contributed by atoms with van der Waals surface area (Å²) in [6, 6.07) is 11.1. The number of hydrogen-bond acceptors (Lipinski definition) is 5. The second kappa shape index (κ2) is 8.84. The molecule has 5 heteroatoms. The molecule has 1 aliphatic rings. The number of thiophene rings is 1. The van der Waals surface area contributed by atoms with E-state index in [-0.39, 0.29) is 16.4 Å². The maximum absolute atomic E-state index is 12.1. The van der Waals surface area contributed by atoms with Crippen molar-refractivity contribution in [2.45, 2.75) is 78.1 Å². The number of hydrogen-bond donors (Lipinski definition) is 1. The van der Waals surface area contributed by atoms with Gasteiger partial charge in [0.25, 0.3) is 5.43 Å². The zero-order valence-electron chi connectivity index (χ0n) is 21.1. The van der Waals surface area contributed by atoms with Gasteiger partial charge in [0.1, 0.15) is 0 Å². The molecule has 4 rings (SSSR count). The van der Waals surface area contributed by atoms with Crippen molar-refractivity contribution in [1.29, 1.82) is 0 Å². The Kier molecular flexibility index (Phi) is 6.36. The minimum absolute atomic E-state index is 0.118. The van der Waals surface area contributed by atoms with Gasteiger partial charge >= 0.3 is 0 Å². The first-order valence-electron chi connectivity index (χ1n) is 12.2. The second-order valence-electron chi connectivity index (χ2n) is 10.9. The summed E-state index contributed by atoms with van der Waals surface area (Å²) in [5.41, 5.74) is 2.99. The summed E-state index contributed by atoms with van der Waals surface area (Å²) in [6.07, 6.45) is 6.28. The van der Waals surface area contributed by atoms with Crippen LogP contribution in [0.4, 0.5) is 5.69 Å². The lowest BCUT2D eigenvalue weighted by atomic mass is 9.82. The molecule has 1 aromatic heterocycles. The average molecular weight is 478 g/mol. The maximum atomic E-state index is 12.1. The third-order valence-electron chi connectivity index (χ3n) is 6.96. The predicted octanol–water partition coefficient (Wildman–Crippen LogP) is 6.73. The van der Waals surface area contributed by atoms with E-state index in [0.717, 1.165) is 30.8 Å². The fourth-order valence-electron chi connectivity index (χ4n) is 4.79. The topological polar surface area (TPSA) is 57.6 Å². The van der Waals surface area contributed by atoms with Crippen LogP contribution in [0.3, 0.4) is 0 Å². The van der Waals surface area contributed by atoms with E-state index in [1.165, 1.54) is 33.7 Å². The van der Waals surface area contributed by atoms with Crippen molar-refractivity contribution >= 4 is 23.1 Å². The first-order valence-corrected chi connectivity index (χ1v) is 13.1. The molecular formula is C29H35NO3S. The lowest BCUT2D eigenvalue weighted by molar-refractivity contribution is 0.461. The highest BCUT2D eigenvalue weighted by molar-refractivity contribution is 7.15. The molecule has 0 radical (unpaired) electrons. The maximum Gasteiger partial charge on any atom is 0.268 e. The summed E-state index contributed by atoms with van der Waals surface area (Å²) in [5, 5.41) is 10.0. The molecule has 4 nitrogen and oxygen atoms in total. The van der Waals surface area contributed by atoms with Crippen molar-refractivity contribution in [2.75, 3.05) is 11.4 Å². The number of rotatable bonds is 7. The summed E-state index contributed by atoms with van der Waals surface area (Å²) >= 11 is 1.83. The zero-order chi connectivity index (χ0) is 24.8. The van der Waals surface area contributed by atoms with E-state index >= 15 is 0 Å². The van der Waals surface area contributed by atoms with Crippen LogP contribution < -0.4 is 15.8 Å². The number of unbranched alkanes of at least 4 members (excludes halogenated alkanes) is 3. The van der Waals surface area contributed by atoms with E-state index in [0.29, 0.717) is 0 Å². The summed E-state index contributed by atoms with van der Waals surface area (Å²) in [7, 11) is 0. The van der Waals surface area contributed by atoms with Crippen molar-refractivity contribution in [3.8, 4) is 16.2 Å². The van der Waals surface area contributed by atoms with Gasteiger partial charge in [0.05, 0.1) is 5.56 Å². The fraction of sp³-hybridized carbons (Fsp3) is 0.448. The molecule has 34 heavy (non-hydrogen) atoms. The van der Waals surface area contributed by atoms with Crippen molar-refractivity contribution < 1.29 is 5.11 Å². The monoisotopic (exact) mass is 477 g/mol. The van der Waals surface area contributed by atoms with E-state index in [9.17, 15) is 14.7 Å². The van der Waals surface area contributed by atoms with Crippen molar-refractivity contribution in [1.82, 2.24) is 0 Å². The molecule has 0 bridgehead atoms. The normalized spacial score (nSPS) is 16.5. The molecule has 0 saturated heterocycles. The molecular weight excluding hydrogens is 442 g/mol. The standard InChI is InChI=1S/C29H35NO3S/c1-7-8-9-10-15-30-21-12-11-18(22-13-14-24(34-22)28(2,3)4)16-20(21)29(5,6)23(30)17-19-25(31)27(33)26(19)32/h11-14,16-17,31H,7-10,15H2,1-6H3. The number of fused-ring (bicyclic) bond motifs is 1. The summed E-state index contributed by atoms with van der Waals surface area (Å²) < 4.78 is 0. The van der Waals surface area contributed by atoms with Crippen LogP contribution in [0.15, 0.2) is 45.6 Å². The van der Waals surface area contributed by atoms with Crippen LogP contribution in [0.25, 0.3) is 16.5 Å². The minimum Gasteiger partial charge on any atom is -0.504 e. The Morgan fingerprint density at radius 3 is 2.38 bits per heavy atom. The molecule has 0 saturated carbocycles. The van der Waals surface area contributed by atoms with Gasteiger partial charge in [-0.05, 0) is 53.3 Å². The molecule has 2 aromatic carbocycles. The van der Waals surface area contributed by atoms with Crippen LogP contribution in [0.1, 0.15) is 83.2 Å². The largest absolute Gasteiger partial charge is 0.504 e. The quantitative estimate of drug-likeness (QED) is 0.303. The zero-order valence-corrected chi connectivity index (χ0v) is 21.9. The highest BCUT2D eigenvalue weighted by Gasteiger charge is 2.41. The summed E-state index contributed by atoms with van der Waals surface area (Å²) in [5.74, 6) is -0.413. The third-order valence-corrected chi connectivity index (χ3v) is 8.52. The Hall–Kier alpha value is -2.66. The Morgan fingerprint density at radius 2 is 1.76 bits per heavy atom. The minimum atomic E-state index is -0.788. The van der Waals surface area contributed by atoms with Crippen LogP contribution in [0, 0.1) is 0 Å². The molecule has 0 amide bonds. The molecule has 0 unspecified atom stereocenters. The van der Waals surface area contributed by atoms with E-state index in [2.05, 4.69) is 76.8 Å². The SMILES string of the molecule is CCCCCCN1C(=Cc2c(O)c(=O)c2=O)C(C)(C)c2cc(-c3ccc(C(C)(C)C)s3)ccc21. The van der Waals surface area contributed by atoms with Crippen LogP contribution in [0.2, 0.25) is 0 Å². The van der Waals surface area contributed by atoms with Gasteiger partial charge in [0.2, 0.25) is 5.43 Å². The van der Waals surface area contributed by atoms with Gasteiger partial charge in [0.15, 0.2) is 5.75 Å².